The zero-order valence-electron chi connectivity index (χ0n) is 20.8. The van der Waals surface area contributed by atoms with Crippen molar-refractivity contribution in [1.82, 2.24) is 4.90 Å². The highest BCUT2D eigenvalue weighted by atomic mass is 16.6. The number of hydrogen-bond donors (Lipinski definition) is 0. The lowest BCUT2D eigenvalue weighted by Gasteiger charge is -2.46. The topological polar surface area (TPSA) is 90.0 Å². The first-order valence-corrected chi connectivity index (χ1v) is 12.2. The summed E-state index contributed by atoms with van der Waals surface area (Å²) in [4.78, 5) is 50.9. The number of carbonyl (C=O) groups is 4. The minimum absolute atomic E-state index is 0.0261. The van der Waals surface area contributed by atoms with Crippen LogP contribution in [0.5, 0.6) is 0 Å². The maximum atomic E-state index is 12.9. The van der Waals surface area contributed by atoms with E-state index >= 15 is 0 Å². The average Bonchev–Trinajstić information content (AvgIpc) is 2.88. The van der Waals surface area contributed by atoms with Crippen molar-refractivity contribution in [2.45, 2.75) is 45.4 Å². The maximum Gasteiger partial charge on any atom is 0.310 e. The van der Waals surface area contributed by atoms with Crippen LogP contribution in [-0.2, 0) is 41.5 Å². The van der Waals surface area contributed by atoms with Crippen LogP contribution in [0.4, 0.5) is 0 Å². The molecule has 7 nitrogen and oxygen atoms in total. The quantitative estimate of drug-likeness (QED) is 0.322. The van der Waals surface area contributed by atoms with E-state index in [-0.39, 0.29) is 12.8 Å². The summed E-state index contributed by atoms with van der Waals surface area (Å²) < 4.78 is 10.8. The molecule has 1 heterocycles. The van der Waals surface area contributed by atoms with Crippen LogP contribution in [0.1, 0.15) is 31.4 Å². The van der Waals surface area contributed by atoms with Crippen molar-refractivity contribution in [2.75, 3.05) is 0 Å². The molecule has 7 heteroatoms. The van der Waals surface area contributed by atoms with E-state index in [9.17, 15) is 19.2 Å². The predicted octanol–water partition coefficient (Wildman–Crippen LogP) is 4.33. The number of aryl methyl sites for hydroxylation is 1. The third-order valence-electron chi connectivity index (χ3n) is 6.34. The number of nitrogens with zero attached hydrogens (tertiary/aromatic N) is 1. The van der Waals surface area contributed by atoms with Crippen LogP contribution in [0.2, 0.25) is 0 Å². The zero-order valence-corrected chi connectivity index (χ0v) is 20.8. The van der Waals surface area contributed by atoms with Crippen molar-refractivity contribution in [3.8, 4) is 11.1 Å². The van der Waals surface area contributed by atoms with Crippen LogP contribution in [0, 0.1) is 5.92 Å². The SMILES string of the molecule is CC(=O)O[C@@H]1[C@@H]([C@@H](C)OC(=O)Cc2ccc(-c3ccccc3)cc2)C(=O)N1C(=O)CCc1ccccc1. The summed E-state index contributed by atoms with van der Waals surface area (Å²) >= 11 is 0. The van der Waals surface area contributed by atoms with E-state index in [1.54, 1.807) is 6.92 Å². The molecule has 0 spiro atoms. The Morgan fingerprint density at radius 3 is 2.05 bits per heavy atom. The number of amides is 2. The molecule has 0 saturated carbocycles. The molecule has 0 aromatic heterocycles. The lowest BCUT2D eigenvalue weighted by Crippen LogP contribution is -2.67. The van der Waals surface area contributed by atoms with Gasteiger partial charge >= 0.3 is 11.9 Å². The van der Waals surface area contributed by atoms with Gasteiger partial charge in [0.15, 0.2) is 6.23 Å². The number of benzene rings is 3. The highest BCUT2D eigenvalue weighted by molar-refractivity contribution is 6.02. The smallest absolute Gasteiger partial charge is 0.310 e. The van der Waals surface area contributed by atoms with E-state index in [0.717, 1.165) is 27.2 Å². The third-order valence-corrected chi connectivity index (χ3v) is 6.34. The summed E-state index contributed by atoms with van der Waals surface area (Å²) in [5, 5.41) is 0. The molecule has 0 radical (unpaired) electrons. The minimum Gasteiger partial charge on any atom is -0.461 e. The van der Waals surface area contributed by atoms with E-state index in [1.807, 2.05) is 84.9 Å². The molecule has 1 saturated heterocycles. The van der Waals surface area contributed by atoms with E-state index in [4.69, 9.17) is 9.47 Å². The summed E-state index contributed by atoms with van der Waals surface area (Å²) in [6.45, 7) is 2.78. The molecule has 1 aliphatic rings. The van der Waals surface area contributed by atoms with Gasteiger partial charge < -0.3 is 9.47 Å². The first-order chi connectivity index (χ1) is 17.8. The Balaban J connectivity index is 1.35. The standard InChI is InChI=1S/C30H29NO6/c1-20(36-27(34)19-23-13-16-25(17-14-23)24-11-7-4-8-12-24)28-29(35)31(30(28)37-21(2)32)26(33)18-15-22-9-5-3-6-10-22/h3-14,16-17,20,28,30H,15,18-19H2,1-2H3/t20-,28+,30-/m1/s1. The predicted molar refractivity (Wildman–Crippen MR) is 137 cm³/mol. The van der Waals surface area contributed by atoms with E-state index < -0.39 is 42.0 Å². The van der Waals surface area contributed by atoms with Crippen LogP contribution < -0.4 is 0 Å². The van der Waals surface area contributed by atoms with Crippen molar-refractivity contribution >= 4 is 23.8 Å². The Labute approximate surface area is 216 Å². The van der Waals surface area contributed by atoms with Gasteiger partial charge in [-0.15, -0.1) is 0 Å². The molecular weight excluding hydrogens is 470 g/mol. The summed E-state index contributed by atoms with van der Waals surface area (Å²) in [5.41, 5.74) is 3.84. The summed E-state index contributed by atoms with van der Waals surface area (Å²) in [6.07, 6.45) is -1.40. The number of β-lactam (4-membered cyclic amide) rings is 1. The molecule has 1 aliphatic heterocycles. The molecule has 0 N–H and O–H groups in total. The Morgan fingerprint density at radius 1 is 0.838 bits per heavy atom. The number of hydrogen-bond acceptors (Lipinski definition) is 6. The van der Waals surface area contributed by atoms with Gasteiger partial charge in [-0.1, -0.05) is 84.9 Å². The van der Waals surface area contributed by atoms with Crippen molar-refractivity contribution < 1.29 is 28.7 Å². The Morgan fingerprint density at radius 2 is 1.43 bits per heavy atom. The molecule has 3 aromatic carbocycles. The number of imide groups is 1. The number of likely N-dealkylation sites (tertiary alicyclic amines) is 1. The van der Waals surface area contributed by atoms with Gasteiger partial charge in [0.2, 0.25) is 11.8 Å². The normalized spacial score (nSPS) is 17.5. The van der Waals surface area contributed by atoms with E-state index in [2.05, 4.69) is 0 Å². The average molecular weight is 500 g/mol. The molecule has 37 heavy (non-hydrogen) atoms. The summed E-state index contributed by atoms with van der Waals surface area (Å²) in [7, 11) is 0. The van der Waals surface area contributed by atoms with Gasteiger partial charge in [-0.05, 0) is 35.6 Å². The second-order valence-corrected chi connectivity index (χ2v) is 9.05. The lowest BCUT2D eigenvalue weighted by molar-refractivity contribution is -0.210. The van der Waals surface area contributed by atoms with Gasteiger partial charge in [0.1, 0.15) is 12.0 Å². The zero-order chi connectivity index (χ0) is 26.4. The number of rotatable bonds is 9. The molecule has 0 bridgehead atoms. The largest absolute Gasteiger partial charge is 0.461 e. The van der Waals surface area contributed by atoms with Crippen LogP contribution in [0.15, 0.2) is 84.9 Å². The van der Waals surface area contributed by atoms with Crippen LogP contribution in [0.25, 0.3) is 11.1 Å². The highest BCUT2D eigenvalue weighted by Crippen LogP contribution is 2.33. The highest BCUT2D eigenvalue weighted by Gasteiger charge is 2.56. The van der Waals surface area contributed by atoms with Gasteiger partial charge in [0.25, 0.3) is 0 Å². The lowest BCUT2D eigenvalue weighted by atomic mass is 9.89. The first-order valence-electron chi connectivity index (χ1n) is 12.2. The fourth-order valence-electron chi connectivity index (χ4n) is 4.43. The number of ether oxygens (including phenoxy) is 2. The maximum absolute atomic E-state index is 12.9. The molecular formula is C30H29NO6. The van der Waals surface area contributed by atoms with Gasteiger partial charge in [0.05, 0.1) is 6.42 Å². The first kappa shape index (κ1) is 25.8. The summed E-state index contributed by atoms with van der Waals surface area (Å²) in [6, 6.07) is 26.9. The summed E-state index contributed by atoms with van der Waals surface area (Å²) in [5.74, 6) is -3.03. The molecule has 0 unspecified atom stereocenters. The van der Waals surface area contributed by atoms with Crippen LogP contribution >= 0.6 is 0 Å². The Bertz CT molecular complexity index is 1260. The molecule has 190 valence electrons. The molecule has 1 fully saturated rings. The molecule has 0 aliphatic carbocycles. The van der Waals surface area contributed by atoms with Crippen molar-refractivity contribution in [3.05, 3.63) is 96.1 Å². The molecule has 2 amide bonds. The van der Waals surface area contributed by atoms with Crippen molar-refractivity contribution in [2.24, 2.45) is 5.92 Å². The van der Waals surface area contributed by atoms with Gasteiger partial charge in [0, 0.05) is 13.3 Å². The Hall–Kier alpha value is -4.26. The van der Waals surface area contributed by atoms with Crippen LogP contribution in [-0.4, -0.2) is 41.0 Å². The Kier molecular flexibility index (Phi) is 8.13. The minimum atomic E-state index is -1.10. The van der Waals surface area contributed by atoms with Crippen molar-refractivity contribution in [3.63, 3.8) is 0 Å². The van der Waals surface area contributed by atoms with Gasteiger partial charge in [-0.3, -0.25) is 19.2 Å². The van der Waals surface area contributed by atoms with Crippen molar-refractivity contribution in [1.29, 1.82) is 0 Å². The van der Waals surface area contributed by atoms with Gasteiger partial charge in [-0.25, -0.2) is 4.90 Å². The van der Waals surface area contributed by atoms with E-state index in [1.165, 1.54) is 6.92 Å². The molecule has 3 aromatic rings. The molecule has 4 rings (SSSR count). The second-order valence-electron chi connectivity index (χ2n) is 9.05. The fourth-order valence-corrected chi connectivity index (χ4v) is 4.43. The molecule has 3 atom stereocenters. The number of esters is 2. The number of carbonyl (C=O) groups excluding carboxylic acids is 4. The van der Waals surface area contributed by atoms with Crippen LogP contribution in [0.3, 0.4) is 0 Å². The van der Waals surface area contributed by atoms with Gasteiger partial charge in [-0.2, -0.15) is 0 Å². The second kappa shape index (κ2) is 11.6. The van der Waals surface area contributed by atoms with E-state index in [0.29, 0.717) is 6.42 Å². The fraction of sp³-hybridized carbons (Fsp3) is 0.267. The third kappa shape index (κ3) is 6.30. The monoisotopic (exact) mass is 499 g/mol.